The van der Waals surface area contributed by atoms with Crippen LogP contribution in [0.15, 0.2) is 182 Å². The highest BCUT2D eigenvalue weighted by Gasteiger charge is 2.42. The van der Waals surface area contributed by atoms with Crippen molar-refractivity contribution >= 4 is 49.6 Å². The molecule has 1 aromatic heterocycles. The minimum atomic E-state index is -0.343. The summed E-state index contributed by atoms with van der Waals surface area (Å²) in [6, 6.07) is 66.8. The van der Waals surface area contributed by atoms with E-state index in [0.29, 0.717) is 0 Å². The molecule has 0 spiro atoms. The third-order valence-electron chi connectivity index (χ3n) is 11.1. The summed E-state index contributed by atoms with van der Waals surface area (Å²) < 4.78 is 2.44. The Morgan fingerprint density at radius 1 is 0.490 bits per heavy atom. The van der Waals surface area contributed by atoms with Gasteiger partial charge in [0.2, 0.25) is 0 Å². The molecule has 242 valence electrons. The Bertz CT molecular complexity index is 2760. The van der Waals surface area contributed by atoms with Gasteiger partial charge >= 0.3 is 0 Å². The molecule has 0 N–H and O–H groups in total. The lowest BCUT2D eigenvalue weighted by molar-refractivity contribution is 0.713. The van der Waals surface area contributed by atoms with Crippen LogP contribution in [0, 0.1) is 6.92 Å². The molecule has 8 aromatic carbocycles. The van der Waals surface area contributed by atoms with E-state index in [1.165, 1.54) is 71.6 Å². The van der Waals surface area contributed by atoms with E-state index in [0.717, 1.165) is 17.1 Å². The summed E-state index contributed by atoms with van der Waals surface area (Å²) in [6.45, 7) is 4.63. The third-order valence-corrected chi connectivity index (χ3v) is 11.1. The van der Waals surface area contributed by atoms with Crippen molar-refractivity contribution in [3.8, 4) is 16.8 Å². The maximum absolute atomic E-state index is 2.50. The third kappa shape index (κ3) is 4.30. The largest absolute Gasteiger partial charge is 0.308 e. The fraction of sp³-hybridized carbons (Fsp3) is 0.0612. The highest BCUT2D eigenvalue weighted by atomic mass is 15.2. The number of fused-ring (bicyclic) bond motifs is 8. The van der Waals surface area contributed by atoms with E-state index in [1.807, 2.05) is 0 Å². The van der Waals surface area contributed by atoms with E-state index in [2.05, 4.69) is 205 Å². The first kappa shape index (κ1) is 29.5. The van der Waals surface area contributed by atoms with Crippen molar-refractivity contribution in [2.45, 2.75) is 19.3 Å². The van der Waals surface area contributed by atoms with Gasteiger partial charge in [0.1, 0.15) is 0 Å². The molecule has 0 radical (unpaired) electrons. The van der Waals surface area contributed by atoms with Crippen LogP contribution in [-0.2, 0) is 5.41 Å². The van der Waals surface area contributed by atoms with Crippen molar-refractivity contribution in [1.82, 2.24) is 4.57 Å². The number of hydrogen-bond donors (Lipinski definition) is 0. The van der Waals surface area contributed by atoms with Crippen LogP contribution >= 0.6 is 0 Å². The van der Waals surface area contributed by atoms with Gasteiger partial charge in [-0.3, -0.25) is 0 Å². The molecular formula is C49H36N2. The quantitative estimate of drug-likeness (QED) is 0.180. The number of aromatic nitrogens is 1. The van der Waals surface area contributed by atoms with Crippen LogP contribution in [0.25, 0.3) is 49.4 Å². The lowest BCUT2D eigenvalue weighted by Crippen LogP contribution is -2.23. The second kappa shape index (κ2) is 11.3. The van der Waals surface area contributed by atoms with Gasteiger partial charge in [-0.1, -0.05) is 145 Å². The minimum absolute atomic E-state index is 0.343. The van der Waals surface area contributed by atoms with E-state index in [4.69, 9.17) is 0 Å². The summed E-state index contributed by atoms with van der Waals surface area (Å²) in [6.07, 6.45) is 0. The second-order valence-electron chi connectivity index (χ2n) is 13.9. The summed E-state index contributed by atoms with van der Waals surface area (Å²) in [5, 5.41) is 4.97. The van der Waals surface area contributed by atoms with Gasteiger partial charge in [-0.05, 0) is 89.5 Å². The Morgan fingerprint density at radius 2 is 1.12 bits per heavy atom. The first-order valence-electron chi connectivity index (χ1n) is 17.8. The fourth-order valence-corrected chi connectivity index (χ4v) is 8.75. The maximum Gasteiger partial charge on any atom is 0.0782 e. The van der Waals surface area contributed by atoms with E-state index >= 15 is 0 Å². The summed E-state index contributed by atoms with van der Waals surface area (Å²) >= 11 is 0. The fourth-order valence-electron chi connectivity index (χ4n) is 8.75. The molecule has 0 saturated heterocycles. The van der Waals surface area contributed by atoms with Crippen LogP contribution < -0.4 is 4.90 Å². The highest BCUT2D eigenvalue weighted by molar-refractivity contribution is 6.16. The van der Waals surface area contributed by atoms with Crippen molar-refractivity contribution in [3.05, 3.63) is 204 Å². The van der Waals surface area contributed by atoms with Crippen molar-refractivity contribution in [1.29, 1.82) is 0 Å². The number of para-hydroxylation sites is 4. The molecule has 2 heteroatoms. The van der Waals surface area contributed by atoms with Crippen molar-refractivity contribution in [2.75, 3.05) is 4.90 Å². The average molecular weight is 653 g/mol. The van der Waals surface area contributed by atoms with Gasteiger partial charge in [0, 0.05) is 32.9 Å². The molecule has 0 bridgehead atoms. The number of anilines is 3. The molecule has 51 heavy (non-hydrogen) atoms. The molecule has 9 aromatic rings. The lowest BCUT2D eigenvalue weighted by Gasteiger charge is -2.32. The van der Waals surface area contributed by atoms with Crippen LogP contribution in [0.1, 0.15) is 29.2 Å². The predicted molar refractivity (Wildman–Crippen MR) is 215 cm³/mol. The normalized spacial score (nSPS) is 14.9. The van der Waals surface area contributed by atoms with Crippen LogP contribution in [0.3, 0.4) is 0 Å². The molecule has 10 rings (SSSR count). The molecule has 1 unspecified atom stereocenters. The molecule has 0 aliphatic heterocycles. The van der Waals surface area contributed by atoms with Crippen LogP contribution in [0.4, 0.5) is 17.1 Å². The molecule has 0 saturated carbocycles. The minimum Gasteiger partial charge on any atom is -0.308 e. The summed E-state index contributed by atoms with van der Waals surface area (Å²) in [5.41, 5.74) is 14.5. The Hall–Kier alpha value is -6.38. The zero-order valence-corrected chi connectivity index (χ0v) is 28.7. The Labute approximate surface area is 298 Å². The van der Waals surface area contributed by atoms with Gasteiger partial charge in [0.05, 0.1) is 22.4 Å². The average Bonchev–Trinajstić information content (AvgIpc) is 3.66. The molecule has 1 aliphatic rings. The van der Waals surface area contributed by atoms with E-state index < -0.39 is 0 Å². The Balaban J connectivity index is 1.35. The van der Waals surface area contributed by atoms with Crippen molar-refractivity contribution in [3.63, 3.8) is 0 Å². The summed E-state index contributed by atoms with van der Waals surface area (Å²) in [7, 11) is 0. The number of nitrogens with zero attached hydrogens (tertiary/aromatic N) is 2. The first-order valence-corrected chi connectivity index (χ1v) is 17.8. The van der Waals surface area contributed by atoms with Crippen LogP contribution in [0.2, 0.25) is 0 Å². The molecule has 0 amide bonds. The highest BCUT2D eigenvalue weighted by Crippen LogP contribution is 2.57. The second-order valence-corrected chi connectivity index (χ2v) is 13.9. The van der Waals surface area contributed by atoms with Gasteiger partial charge in [0.25, 0.3) is 0 Å². The van der Waals surface area contributed by atoms with Crippen molar-refractivity contribution < 1.29 is 0 Å². The van der Waals surface area contributed by atoms with Gasteiger partial charge in [-0.15, -0.1) is 0 Å². The smallest absolute Gasteiger partial charge is 0.0782 e. The SMILES string of the molecule is Cc1ccc2c(c1)C(C)(c1ccccc1)c1cc(N(c3ccccc3)c3cccc4c5ccccc5n(-c5ccccc5)c34)c3ccccc3c1-2. The maximum atomic E-state index is 2.50. The van der Waals surface area contributed by atoms with Gasteiger partial charge in [-0.2, -0.15) is 0 Å². The number of rotatable bonds is 5. The molecule has 0 fully saturated rings. The molecular weight excluding hydrogens is 617 g/mol. The molecule has 1 atom stereocenters. The zero-order chi connectivity index (χ0) is 34.1. The van der Waals surface area contributed by atoms with E-state index in [9.17, 15) is 0 Å². The first-order chi connectivity index (χ1) is 25.1. The van der Waals surface area contributed by atoms with Crippen LogP contribution in [0.5, 0.6) is 0 Å². The monoisotopic (exact) mass is 652 g/mol. The van der Waals surface area contributed by atoms with Gasteiger partial charge < -0.3 is 9.47 Å². The van der Waals surface area contributed by atoms with Gasteiger partial charge in [0.15, 0.2) is 0 Å². The Kier molecular flexibility index (Phi) is 6.56. The number of benzene rings is 8. The predicted octanol–water partition coefficient (Wildman–Crippen LogP) is 13.0. The van der Waals surface area contributed by atoms with E-state index in [-0.39, 0.29) is 5.41 Å². The standard InChI is InChI=1S/C49H36N2/c1-33-29-30-41-42(31-33)49(2,34-17-6-3-7-18-34)43-32-46(37-23-12-13-25-39(37)47(41)43)50(35-19-8-4-9-20-35)45-28-16-26-40-38-24-14-15-27-44(38)51(48(40)45)36-21-10-5-11-22-36/h3-32H,1-2H3. The Morgan fingerprint density at radius 3 is 1.88 bits per heavy atom. The topological polar surface area (TPSA) is 8.17 Å². The summed E-state index contributed by atoms with van der Waals surface area (Å²) in [4.78, 5) is 2.50. The zero-order valence-electron chi connectivity index (χ0n) is 28.7. The van der Waals surface area contributed by atoms with Gasteiger partial charge in [-0.25, -0.2) is 0 Å². The van der Waals surface area contributed by atoms with Crippen LogP contribution in [-0.4, -0.2) is 4.57 Å². The lowest BCUT2D eigenvalue weighted by atomic mass is 9.73. The summed E-state index contributed by atoms with van der Waals surface area (Å²) in [5.74, 6) is 0. The number of aryl methyl sites for hydroxylation is 1. The van der Waals surface area contributed by atoms with Crippen molar-refractivity contribution in [2.24, 2.45) is 0 Å². The molecule has 1 heterocycles. The number of hydrogen-bond acceptors (Lipinski definition) is 1. The molecule has 2 nitrogen and oxygen atoms in total. The van der Waals surface area contributed by atoms with E-state index in [1.54, 1.807) is 0 Å². The molecule has 1 aliphatic carbocycles.